The molecule has 0 atom stereocenters. The minimum atomic E-state index is -0.308. The van der Waals surface area contributed by atoms with Crippen LogP contribution in [-0.4, -0.2) is 5.97 Å². The summed E-state index contributed by atoms with van der Waals surface area (Å²) in [6, 6.07) is 36.4. The summed E-state index contributed by atoms with van der Waals surface area (Å²) >= 11 is 6.05. The molecule has 0 bridgehead atoms. The van der Waals surface area contributed by atoms with Crippen molar-refractivity contribution in [2.45, 2.75) is 12.3 Å². The number of hydrogen-bond acceptors (Lipinski definition) is 3. The van der Waals surface area contributed by atoms with Gasteiger partial charge >= 0.3 is 5.97 Å². The molecule has 0 fully saturated rings. The zero-order valence-corrected chi connectivity index (χ0v) is 19.2. The van der Waals surface area contributed by atoms with E-state index in [-0.39, 0.29) is 18.3 Å². The number of rotatable bonds is 7. The van der Waals surface area contributed by atoms with E-state index in [4.69, 9.17) is 16.3 Å². The minimum Gasteiger partial charge on any atom is -0.427 e. The summed E-state index contributed by atoms with van der Waals surface area (Å²) < 4.78 is 5.63. The summed E-state index contributed by atoms with van der Waals surface area (Å²) in [5.41, 5.74) is 4.20. The first-order valence-corrected chi connectivity index (χ1v) is 11.3. The Bertz CT molecular complexity index is 1280. The lowest BCUT2D eigenvalue weighted by Crippen LogP contribution is -2.14. The van der Waals surface area contributed by atoms with Crippen LogP contribution in [0.2, 0.25) is 5.02 Å². The predicted molar refractivity (Wildman–Crippen MR) is 136 cm³/mol. The number of allylic oxidation sites excluding steroid dienone is 1. The molecule has 166 valence electrons. The number of carbonyl (C=O) groups excluding carboxylic acids is 1. The molecule has 34 heavy (non-hydrogen) atoms. The molecule has 0 saturated carbocycles. The van der Waals surface area contributed by atoms with Crippen LogP contribution in [0.3, 0.4) is 0 Å². The second-order valence-electron chi connectivity index (χ2n) is 7.80. The zero-order valence-electron chi connectivity index (χ0n) is 18.4. The van der Waals surface area contributed by atoms with Gasteiger partial charge in [0, 0.05) is 10.9 Å². The number of benzene rings is 4. The van der Waals surface area contributed by atoms with E-state index in [2.05, 4.69) is 6.07 Å². The SMILES string of the molecule is N#C/C(=C/c1ccc(OC(=O)CC(c2ccccc2)c2ccccc2)cc1)c1cccc(Cl)c1. The average molecular weight is 464 g/mol. The maximum Gasteiger partial charge on any atom is 0.312 e. The standard InChI is InChI=1S/C30H22ClNO2/c31-27-13-7-12-25(19-27)26(21-32)18-22-14-16-28(17-15-22)34-30(33)20-29(23-8-3-1-4-9-23)24-10-5-2-6-11-24/h1-19,29H,20H2/b26-18-. The van der Waals surface area contributed by atoms with E-state index in [1.807, 2.05) is 84.9 Å². The molecule has 4 aromatic carbocycles. The Balaban J connectivity index is 1.47. The molecule has 0 amide bonds. The van der Waals surface area contributed by atoms with E-state index in [0.717, 1.165) is 22.3 Å². The largest absolute Gasteiger partial charge is 0.427 e. The maximum atomic E-state index is 12.8. The van der Waals surface area contributed by atoms with E-state index in [1.54, 1.807) is 30.3 Å². The van der Waals surface area contributed by atoms with Crippen molar-refractivity contribution < 1.29 is 9.53 Å². The Morgan fingerprint density at radius 2 is 1.47 bits per heavy atom. The Labute approximate surface area is 204 Å². The van der Waals surface area contributed by atoms with E-state index < -0.39 is 0 Å². The highest BCUT2D eigenvalue weighted by Crippen LogP contribution is 2.29. The summed E-state index contributed by atoms with van der Waals surface area (Å²) in [5, 5.41) is 10.1. The number of esters is 1. The smallest absolute Gasteiger partial charge is 0.312 e. The van der Waals surface area contributed by atoms with Gasteiger partial charge in [-0.05, 0) is 52.6 Å². The third-order valence-electron chi connectivity index (χ3n) is 5.45. The number of ether oxygens (including phenoxy) is 1. The van der Waals surface area contributed by atoms with Crippen molar-refractivity contribution in [2.24, 2.45) is 0 Å². The maximum absolute atomic E-state index is 12.8. The van der Waals surface area contributed by atoms with Crippen molar-refractivity contribution in [1.29, 1.82) is 5.26 Å². The predicted octanol–water partition coefficient (Wildman–Crippen LogP) is 7.53. The summed E-state index contributed by atoms with van der Waals surface area (Å²) in [4.78, 5) is 12.8. The quantitative estimate of drug-likeness (QED) is 0.123. The molecule has 0 saturated heterocycles. The highest BCUT2D eigenvalue weighted by molar-refractivity contribution is 6.30. The average Bonchev–Trinajstić information content (AvgIpc) is 2.88. The third kappa shape index (κ3) is 6.01. The van der Waals surface area contributed by atoms with Crippen LogP contribution >= 0.6 is 11.6 Å². The van der Waals surface area contributed by atoms with Crippen molar-refractivity contribution in [2.75, 3.05) is 0 Å². The van der Waals surface area contributed by atoms with E-state index in [9.17, 15) is 10.1 Å². The Kier molecular flexibility index (Phi) is 7.55. The van der Waals surface area contributed by atoms with Crippen molar-refractivity contribution in [3.05, 3.63) is 136 Å². The molecule has 0 radical (unpaired) electrons. The first-order valence-electron chi connectivity index (χ1n) is 10.9. The van der Waals surface area contributed by atoms with Crippen molar-refractivity contribution in [3.63, 3.8) is 0 Å². The van der Waals surface area contributed by atoms with Gasteiger partial charge in [0.15, 0.2) is 0 Å². The van der Waals surface area contributed by atoms with Crippen LogP contribution in [0, 0.1) is 11.3 Å². The van der Waals surface area contributed by atoms with Gasteiger partial charge in [0.2, 0.25) is 0 Å². The van der Waals surface area contributed by atoms with Gasteiger partial charge in [-0.1, -0.05) is 96.5 Å². The molecular formula is C30H22ClNO2. The minimum absolute atomic E-state index is 0.0898. The Morgan fingerprint density at radius 1 is 0.853 bits per heavy atom. The van der Waals surface area contributed by atoms with Crippen molar-refractivity contribution >= 4 is 29.2 Å². The second-order valence-corrected chi connectivity index (χ2v) is 8.24. The van der Waals surface area contributed by atoms with Gasteiger partial charge < -0.3 is 4.74 Å². The third-order valence-corrected chi connectivity index (χ3v) is 5.69. The first kappa shape index (κ1) is 23.0. The molecule has 0 aromatic heterocycles. The van der Waals surface area contributed by atoms with Crippen LogP contribution in [0.1, 0.15) is 34.6 Å². The topological polar surface area (TPSA) is 50.1 Å². The van der Waals surface area contributed by atoms with Gasteiger partial charge in [0.1, 0.15) is 5.75 Å². The normalized spacial score (nSPS) is 11.1. The molecule has 3 nitrogen and oxygen atoms in total. The highest BCUT2D eigenvalue weighted by atomic mass is 35.5. The van der Waals surface area contributed by atoms with Crippen LogP contribution in [0.25, 0.3) is 11.6 Å². The molecule has 0 unspecified atom stereocenters. The van der Waals surface area contributed by atoms with Gasteiger partial charge in [-0.15, -0.1) is 0 Å². The molecule has 0 heterocycles. The summed E-state index contributed by atoms with van der Waals surface area (Å²) in [5.74, 6) is 0.0638. The van der Waals surface area contributed by atoms with E-state index in [1.165, 1.54) is 0 Å². The molecule has 0 aliphatic rings. The highest BCUT2D eigenvalue weighted by Gasteiger charge is 2.19. The fraction of sp³-hybridized carbons (Fsp3) is 0.0667. The lowest BCUT2D eigenvalue weighted by molar-refractivity contribution is -0.134. The fourth-order valence-corrected chi connectivity index (χ4v) is 3.96. The van der Waals surface area contributed by atoms with Crippen LogP contribution in [0.4, 0.5) is 0 Å². The summed E-state index contributed by atoms with van der Waals surface area (Å²) in [7, 11) is 0. The molecule has 0 aliphatic heterocycles. The monoisotopic (exact) mass is 463 g/mol. The summed E-state index contributed by atoms with van der Waals surface area (Å²) in [6.45, 7) is 0. The number of halogens is 1. The van der Waals surface area contributed by atoms with Gasteiger partial charge in [0.05, 0.1) is 18.1 Å². The molecule has 0 N–H and O–H groups in total. The zero-order chi connectivity index (χ0) is 23.8. The molecule has 0 aliphatic carbocycles. The molecular weight excluding hydrogens is 442 g/mol. The first-order chi connectivity index (χ1) is 16.6. The van der Waals surface area contributed by atoms with Crippen LogP contribution in [-0.2, 0) is 4.79 Å². The number of nitriles is 1. The Hall–Kier alpha value is -4.13. The van der Waals surface area contributed by atoms with Crippen LogP contribution < -0.4 is 4.74 Å². The second kappa shape index (κ2) is 11.1. The molecule has 4 heteroatoms. The number of hydrogen-bond donors (Lipinski definition) is 0. The van der Waals surface area contributed by atoms with Gasteiger partial charge in [-0.2, -0.15) is 5.26 Å². The van der Waals surface area contributed by atoms with Crippen LogP contribution in [0.15, 0.2) is 109 Å². The number of carbonyl (C=O) groups is 1. The van der Waals surface area contributed by atoms with E-state index >= 15 is 0 Å². The molecule has 4 rings (SSSR count). The van der Waals surface area contributed by atoms with Crippen molar-refractivity contribution in [1.82, 2.24) is 0 Å². The van der Waals surface area contributed by atoms with Crippen LogP contribution in [0.5, 0.6) is 5.75 Å². The number of nitrogens with zero attached hydrogens (tertiary/aromatic N) is 1. The molecule has 4 aromatic rings. The fourth-order valence-electron chi connectivity index (χ4n) is 3.77. The van der Waals surface area contributed by atoms with E-state index in [0.29, 0.717) is 16.3 Å². The van der Waals surface area contributed by atoms with Gasteiger partial charge in [0.25, 0.3) is 0 Å². The van der Waals surface area contributed by atoms with Crippen molar-refractivity contribution in [3.8, 4) is 11.8 Å². The lowest BCUT2D eigenvalue weighted by atomic mass is 9.88. The lowest BCUT2D eigenvalue weighted by Gasteiger charge is -2.17. The van der Waals surface area contributed by atoms with Gasteiger partial charge in [-0.25, -0.2) is 0 Å². The van der Waals surface area contributed by atoms with Gasteiger partial charge in [-0.3, -0.25) is 4.79 Å². The summed E-state index contributed by atoms with van der Waals surface area (Å²) in [6.07, 6.45) is 2.00. The molecule has 0 spiro atoms. The Morgan fingerprint density at radius 3 is 2.03 bits per heavy atom.